The zero-order valence-electron chi connectivity index (χ0n) is 17.7. The van der Waals surface area contributed by atoms with Crippen molar-refractivity contribution in [2.45, 2.75) is 25.8 Å². The maximum absolute atomic E-state index is 12.4. The third-order valence-electron chi connectivity index (χ3n) is 4.89. The number of fused-ring (bicyclic) bond motifs is 1. The van der Waals surface area contributed by atoms with Crippen molar-refractivity contribution in [3.05, 3.63) is 47.9 Å². The molecule has 3 rings (SSSR count). The SMILES string of the molecule is COCCn1c(CCC(=O)NCCc2ccc(OC)cc2OC)nc2cccnc21. The third kappa shape index (κ3) is 5.27. The summed E-state index contributed by atoms with van der Waals surface area (Å²) in [7, 11) is 4.91. The first kappa shape index (κ1) is 21.6. The highest BCUT2D eigenvalue weighted by Gasteiger charge is 2.13. The summed E-state index contributed by atoms with van der Waals surface area (Å²) in [5.41, 5.74) is 2.67. The molecule has 1 aromatic carbocycles. The van der Waals surface area contributed by atoms with Crippen molar-refractivity contribution < 1.29 is 19.0 Å². The number of rotatable bonds is 11. The van der Waals surface area contributed by atoms with Crippen LogP contribution >= 0.6 is 0 Å². The van der Waals surface area contributed by atoms with E-state index in [0.29, 0.717) is 39.0 Å². The summed E-state index contributed by atoms with van der Waals surface area (Å²) >= 11 is 0. The summed E-state index contributed by atoms with van der Waals surface area (Å²) in [6.45, 7) is 1.74. The topological polar surface area (TPSA) is 87.5 Å². The van der Waals surface area contributed by atoms with Crippen LogP contribution in [-0.4, -0.2) is 54.9 Å². The Kier molecular flexibility index (Phi) is 7.62. The number of ether oxygens (including phenoxy) is 3. The first-order chi connectivity index (χ1) is 14.7. The fourth-order valence-corrected chi connectivity index (χ4v) is 3.32. The Morgan fingerprint density at radius 3 is 2.77 bits per heavy atom. The van der Waals surface area contributed by atoms with Crippen LogP contribution in [0.3, 0.4) is 0 Å². The van der Waals surface area contributed by atoms with Crippen LogP contribution in [0.25, 0.3) is 11.2 Å². The molecule has 0 unspecified atom stereocenters. The molecule has 0 aliphatic carbocycles. The molecule has 8 heteroatoms. The van der Waals surface area contributed by atoms with E-state index < -0.39 is 0 Å². The molecule has 160 valence electrons. The predicted molar refractivity (Wildman–Crippen MR) is 114 cm³/mol. The molecule has 0 fully saturated rings. The number of imidazole rings is 1. The van der Waals surface area contributed by atoms with Gasteiger partial charge in [-0.25, -0.2) is 9.97 Å². The van der Waals surface area contributed by atoms with Gasteiger partial charge < -0.3 is 24.1 Å². The van der Waals surface area contributed by atoms with E-state index in [4.69, 9.17) is 14.2 Å². The van der Waals surface area contributed by atoms with Gasteiger partial charge in [-0.2, -0.15) is 0 Å². The van der Waals surface area contributed by atoms with Crippen LogP contribution in [0.15, 0.2) is 36.5 Å². The number of hydrogen-bond donors (Lipinski definition) is 1. The molecular formula is C22H28N4O4. The molecule has 3 aromatic rings. The van der Waals surface area contributed by atoms with Crippen molar-refractivity contribution in [3.8, 4) is 11.5 Å². The number of aryl methyl sites for hydroxylation is 1. The number of aromatic nitrogens is 3. The summed E-state index contributed by atoms with van der Waals surface area (Å²) in [6, 6.07) is 9.47. The summed E-state index contributed by atoms with van der Waals surface area (Å²) in [5.74, 6) is 2.32. The lowest BCUT2D eigenvalue weighted by atomic mass is 10.1. The lowest BCUT2D eigenvalue weighted by Gasteiger charge is -2.11. The molecule has 0 atom stereocenters. The smallest absolute Gasteiger partial charge is 0.220 e. The lowest BCUT2D eigenvalue weighted by molar-refractivity contribution is -0.121. The lowest BCUT2D eigenvalue weighted by Crippen LogP contribution is -2.26. The quantitative estimate of drug-likeness (QED) is 0.520. The number of carbonyl (C=O) groups excluding carboxylic acids is 1. The van der Waals surface area contributed by atoms with Crippen LogP contribution in [0.2, 0.25) is 0 Å². The largest absolute Gasteiger partial charge is 0.497 e. The zero-order valence-corrected chi connectivity index (χ0v) is 17.7. The fourth-order valence-electron chi connectivity index (χ4n) is 3.32. The molecule has 0 radical (unpaired) electrons. The number of amides is 1. The van der Waals surface area contributed by atoms with E-state index in [2.05, 4.69) is 15.3 Å². The number of nitrogens with one attached hydrogen (secondary N) is 1. The van der Waals surface area contributed by atoms with Crippen LogP contribution < -0.4 is 14.8 Å². The van der Waals surface area contributed by atoms with Gasteiger partial charge in [0.15, 0.2) is 5.65 Å². The molecule has 1 amide bonds. The van der Waals surface area contributed by atoms with Gasteiger partial charge in [0, 0.05) is 45.3 Å². The van der Waals surface area contributed by atoms with Gasteiger partial charge in [-0.1, -0.05) is 6.07 Å². The number of methoxy groups -OCH3 is 3. The predicted octanol–water partition coefficient (Wildman–Crippen LogP) is 2.39. The highest BCUT2D eigenvalue weighted by Crippen LogP contribution is 2.24. The number of carbonyl (C=O) groups is 1. The second kappa shape index (κ2) is 10.6. The van der Waals surface area contributed by atoms with Crippen molar-refractivity contribution >= 4 is 17.1 Å². The second-order valence-corrected chi connectivity index (χ2v) is 6.80. The number of nitrogens with zero attached hydrogens (tertiary/aromatic N) is 3. The van der Waals surface area contributed by atoms with Gasteiger partial charge in [-0.05, 0) is 30.2 Å². The molecule has 0 spiro atoms. The molecule has 2 aromatic heterocycles. The van der Waals surface area contributed by atoms with Gasteiger partial charge in [-0.3, -0.25) is 4.79 Å². The Hall–Kier alpha value is -3.13. The Morgan fingerprint density at radius 2 is 2.00 bits per heavy atom. The van der Waals surface area contributed by atoms with Gasteiger partial charge in [-0.15, -0.1) is 0 Å². The zero-order chi connectivity index (χ0) is 21.3. The summed E-state index contributed by atoms with van der Waals surface area (Å²) < 4.78 is 17.8. The first-order valence-electron chi connectivity index (χ1n) is 9.93. The first-order valence-corrected chi connectivity index (χ1v) is 9.93. The van der Waals surface area contributed by atoms with Crippen LogP contribution in [0.4, 0.5) is 0 Å². The van der Waals surface area contributed by atoms with E-state index >= 15 is 0 Å². The van der Waals surface area contributed by atoms with Gasteiger partial charge in [0.05, 0.1) is 20.8 Å². The average molecular weight is 412 g/mol. The van der Waals surface area contributed by atoms with Crippen LogP contribution in [0.1, 0.15) is 17.8 Å². The highest BCUT2D eigenvalue weighted by atomic mass is 16.5. The number of benzene rings is 1. The Labute approximate surface area is 176 Å². The van der Waals surface area contributed by atoms with Crippen molar-refractivity contribution in [1.29, 1.82) is 0 Å². The molecule has 30 heavy (non-hydrogen) atoms. The van der Waals surface area contributed by atoms with Gasteiger partial charge in [0.1, 0.15) is 22.8 Å². The standard InChI is InChI=1S/C22H28N4O4/c1-28-14-13-26-20(25-18-5-4-11-24-22(18)26)8-9-21(27)23-12-10-16-6-7-17(29-2)15-19(16)30-3/h4-7,11,15H,8-10,12-14H2,1-3H3,(H,23,27). The van der Waals surface area contributed by atoms with Crippen molar-refractivity contribution in [1.82, 2.24) is 19.9 Å². The number of pyridine rings is 1. The molecule has 2 heterocycles. The minimum Gasteiger partial charge on any atom is -0.497 e. The van der Waals surface area contributed by atoms with E-state index in [0.717, 1.165) is 34.1 Å². The maximum atomic E-state index is 12.4. The molecule has 1 N–H and O–H groups in total. The van der Waals surface area contributed by atoms with Crippen LogP contribution in [-0.2, 0) is 28.9 Å². The fraction of sp³-hybridized carbons (Fsp3) is 0.409. The van der Waals surface area contributed by atoms with E-state index in [-0.39, 0.29) is 5.91 Å². The van der Waals surface area contributed by atoms with Gasteiger partial charge in [0.2, 0.25) is 5.91 Å². The van der Waals surface area contributed by atoms with Crippen molar-refractivity contribution in [2.24, 2.45) is 0 Å². The molecule has 0 bridgehead atoms. The van der Waals surface area contributed by atoms with E-state index in [1.807, 2.05) is 34.9 Å². The monoisotopic (exact) mass is 412 g/mol. The van der Waals surface area contributed by atoms with Gasteiger partial charge in [0.25, 0.3) is 0 Å². The van der Waals surface area contributed by atoms with Crippen LogP contribution in [0.5, 0.6) is 11.5 Å². The Balaban J connectivity index is 1.55. The average Bonchev–Trinajstić information content (AvgIpc) is 3.13. The van der Waals surface area contributed by atoms with E-state index in [1.165, 1.54) is 0 Å². The summed E-state index contributed by atoms with van der Waals surface area (Å²) in [5, 5.41) is 2.97. The molecular weight excluding hydrogens is 384 g/mol. The molecule has 0 saturated carbocycles. The van der Waals surface area contributed by atoms with Crippen molar-refractivity contribution in [2.75, 3.05) is 34.5 Å². The van der Waals surface area contributed by atoms with E-state index in [9.17, 15) is 4.79 Å². The molecule has 0 aliphatic heterocycles. The third-order valence-corrected chi connectivity index (χ3v) is 4.89. The normalized spacial score (nSPS) is 10.9. The number of hydrogen-bond acceptors (Lipinski definition) is 6. The molecule has 8 nitrogen and oxygen atoms in total. The van der Waals surface area contributed by atoms with Gasteiger partial charge >= 0.3 is 0 Å². The highest BCUT2D eigenvalue weighted by molar-refractivity contribution is 5.76. The van der Waals surface area contributed by atoms with Crippen molar-refractivity contribution in [3.63, 3.8) is 0 Å². The minimum atomic E-state index is -0.0132. The molecule has 0 aliphatic rings. The van der Waals surface area contributed by atoms with E-state index in [1.54, 1.807) is 27.5 Å². The minimum absolute atomic E-state index is 0.0132. The maximum Gasteiger partial charge on any atom is 0.220 e. The Bertz CT molecular complexity index is 986. The second-order valence-electron chi connectivity index (χ2n) is 6.80. The van der Waals surface area contributed by atoms with Crippen LogP contribution in [0, 0.1) is 0 Å². The summed E-state index contributed by atoms with van der Waals surface area (Å²) in [6.07, 6.45) is 3.32. The Morgan fingerprint density at radius 1 is 1.13 bits per heavy atom. The summed E-state index contributed by atoms with van der Waals surface area (Å²) in [4.78, 5) is 21.4. The molecule has 0 saturated heterocycles.